The fourth-order valence-electron chi connectivity index (χ4n) is 2.83. The summed E-state index contributed by atoms with van der Waals surface area (Å²) in [6, 6.07) is 10.2. The second-order valence-corrected chi connectivity index (χ2v) is 7.35. The Morgan fingerprint density at radius 2 is 1.86 bits per heavy atom. The maximum Gasteiger partial charge on any atom is 0.270 e. The highest BCUT2D eigenvalue weighted by molar-refractivity contribution is 9.10. The number of phenols is 1. The van der Waals surface area contributed by atoms with Crippen molar-refractivity contribution in [3.8, 4) is 5.75 Å². The van der Waals surface area contributed by atoms with Gasteiger partial charge in [0.05, 0.1) is 6.04 Å². The van der Waals surface area contributed by atoms with Crippen LogP contribution in [-0.4, -0.2) is 16.0 Å². The highest BCUT2D eigenvalue weighted by Gasteiger charge is 2.23. The molecule has 1 atom stereocenters. The Kier molecular flexibility index (Phi) is 5.74. The Labute approximate surface area is 169 Å². The van der Waals surface area contributed by atoms with Gasteiger partial charge in [0, 0.05) is 15.7 Å². The van der Waals surface area contributed by atoms with Crippen LogP contribution in [0.1, 0.15) is 38.9 Å². The van der Waals surface area contributed by atoms with Crippen LogP contribution in [0.5, 0.6) is 5.75 Å². The number of amides is 1. The molecule has 0 aliphatic carbocycles. The molecule has 1 aromatic heterocycles. The molecule has 0 aliphatic rings. The van der Waals surface area contributed by atoms with Crippen LogP contribution in [0.2, 0.25) is 0 Å². The van der Waals surface area contributed by atoms with Crippen LogP contribution in [-0.2, 0) is 0 Å². The van der Waals surface area contributed by atoms with Crippen LogP contribution in [0.3, 0.4) is 0 Å². The van der Waals surface area contributed by atoms with Gasteiger partial charge < -0.3 is 10.4 Å². The van der Waals surface area contributed by atoms with E-state index in [1.165, 1.54) is 12.1 Å². The minimum absolute atomic E-state index is 0.114. The van der Waals surface area contributed by atoms with Gasteiger partial charge >= 0.3 is 0 Å². The predicted octanol–water partition coefficient (Wildman–Crippen LogP) is 4.96. The first-order valence-electron chi connectivity index (χ1n) is 8.44. The largest absolute Gasteiger partial charge is 0.508 e. The third-order valence-corrected chi connectivity index (χ3v) is 4.71. The van der Waals surface area contributed by atoms with E-state index in [9.17, 15) is 18.7 Å². The molecule has 144 valence electrons. The van der Waals surface area contributed by atoms with Gasteiger partial charge in [0.25, 0.3) is 5.91 Å². The number of hydrogen-bond donors (Lipinski definition) is 2. The smallest absolute Gasteiger partial charge is 0.270 e. The van der Waals surface area contributed by atoms with Crippen LogP contribution in [0.25, 0.3) is 0 Å². The molecule has 1 amide bonds. The maximum absolute atomic E-state index is 14.1. The number of pyridine rings is 1. The molecular formula is C21H17BrF2N2O2. The van der Waals surface area contributed by atoms with Gasteiger partial charge in [0.15, 0.2) is 0 Å². The number of nitrogens with zero attached hydrogens (tertiary/aromatic N) is 1. The van der Waals surface area contributed by atoms with Crippen molar-refractivity contribution in [3.63, 3.8) is 0 Å². The third-order valence-electron chi connectivity index (χ3n) is 4.26. The second-order valence-electron chi connectivity index (χ2n) is 6.43. The molecular weight excluding hydrogens is 430 g/mol. The van der Waals surface area contributed by atoms with Gasteiger partial charge in [0.1, 0.15) is 23.1 Å². The molecule has 1 heterocycles. The van der Waals surface area contributed by atoms with Crippen molar-refractivity contribution in [2.24, 2.45) is 0 Å². The van der Waals surface area contributed by atoms with Crippen molar-refractivity contribution in [1.82, 2.24) is 10.3 Å². The normalized spacial score (nSPS) is 11.9. The van der Waals surface area contributed by atoms with Gasteiger partial charge in [-0.1, -0.05) is 28.1 Å². The summed E-state index contributed by atoms with van der Waals surface area (Å²) >= 11 is 3.32. The maximum atomic E-state index is 14.1. The van der Waals surface area contributed by atoms with E-state index in [4.69, 9.17) is 0 Å². The summed E-state index contributed by atoms with van der Waals surface area (Å²) in [5.41, 5.74) is 1.68. The molecule has 28 heavy (non-hydrogen) atoms. The monoisotopic (exact) mass is 446 g/mol. The number of aryl methyl sites for hydroxylation is 2. The number of carbonyl (C=O) groups excluding carboxylic acids is 1. The zero-order valence-electron chi connectivity index (χ0n) is 15.1. The van der Waals surface area contributed by atoms with Crippen LogP contribution >= 0.6 is 15.9 Å². The van der Waals surface area contributed by atoms with E-state index in [2.05, 4.69) is 26.2 Å². The van der Waals surface area contributed by atoms with Gasteiger partial charge in [0.2, 0.25) is 0 Å². The minimum atomic E-state index is -0.973. The van der Waals surface area contributed by atoms with E-state index in [1.807, 2.05) is 0 Å². The first kappa shape index (κ1) is 19.9. The quantitative estimate of drug-likeness (QED) is 0.594. The summed E-state index contributed by atoms with van der Waals surface area (Å²) < 4.78 is 28.6. The number of halogens is 3. The molecule has 4 nitrogen and oxygen atoms in total. The minimum Gasteiger partial charge on any atom is -0.508 e. The number of aromatic nitrogens is 1. The predicted molar refractivity (Wildman–Crippen MR) is 105 cm³/mol. The average molecular weight is 447 g/mol. The summed E-state index contributed by atoms with van der Waals surface area (Å²) in [5.74, 6) is -1.81. The van der Waals surface area contributed by atoms with Crippen molar-refractivity contribution >= 4 is 21.8 Å². The lowest BCUT2D eigenvalue weighted by Crippen LogP contribution is -2.30. The lowest BCUT2D eigenvalue weighted by molar-refractivity contribution is 0.0937. The van der Waals surface area contributed by atoms with Gasteiger partial charge in [-0.05, 0) is 61.4 Å². The van der Waals surface area contributed by atoms with E-state index < -0.39 is 23.6 Å². The number of rotatable bonds is 4. The highest BCUT2D eigenvalue weighted by Crippen LogP contribution is 2.31. The van der Waals surface area contributed by atoms with Crippen molar-refractivity contribution in [3.05, 3.63) is 92.7 Å². The Morgan fingerprint density at radius 1 is 1.11 bits per heavy atom. The van der Waals surface area contributed by atoms with Crippen molar-refractivity contribution in [1.29, 1.82) is 0 Å². The Hall–Kier alpha value is -2.80. The molecule has 0 spiro atoms. The first-order valence-corrected chi connectivity index (χ1v) is 9.23. The van der Waals surface area contributed by atoms with Crippen LogP contribution in [0.15, 0.2) is 53.0 Å². The van der Waals surface area contributed by atoms with Crippen LogP contribution < -0.4 is 5.32 Å². The molecule has 0 saturated heterocycles. The van der Waals surface area contributed by atoms with Gasteiger partial charge in [-0.3, -0.25) is 4.79 Å². The molecule has 0 bridgehead atoms. The summed E-state index contributed by atoms with van der Waals surface area (Å²) in [6.45, 7) is 3.35. The van der Waals surface area contributed by atoms with Crippen molar-refractivity contribution in [2.45, 2.75) is 19.9 Å². The Morgan fingerprint density at radius 3 is 2.54 bits per heavy atom. The van der Waals surface area contributed by atoms with E-state index in [1.54, 1.807) is 38.1 Å². The number of aromatic hydroxyl groups is 1. The fourth-order valence-corrected chi connectivity index (χ4v) is 3.38. The van der Waals surface area contributed by atoms with E-state index in [0.29, 0.717) is 21.3 Å². The van der Waals surface area contributed by atoms with Crippen molar-refractivity contribution in [2.75, 3.05) is 0 Å². The molecule has 2 aromatic carbocycles. The molecule has 3 aromatic rings. The van der Waals surface area contributed by atoms with E-state index in [-0.39, 0.29) is 17.0 Å². The van der Waals surface area contributed by atoms with Crippen LogP contribution in [0, 0.1) is 25.5 Å². The van der Waals surface area contributed by atoms with Gasteiger partial charge in [-0.15, -0.1) is 0 Å². The third kappa shape index (κ3) is 4.36. The van der Waals surface area contributed by atoms with E-state index >= 15 is 0 Å². The Balaban J connectivity index is 2.06. The van der Waals surface area contributed by atoms with Crippen LogP contribution in [0.4, 0.5) is 8.78 Å². The molecule has 0 aliphatic heterocycles. The summed E-state index contributed by atoms with van der Waals surface area (Å²) in [5, 5.41) is 12.9. The van der Waals surface area contributed by atoms with Gasteiger partial charge in [-0.2, -0.15) is 0 Å². The zero-order chi connectivity index (χ0) is 20.4. The number of nitrogens with one attached hydrogen (secondary N) is 1. The molecule has 0 radical (unpaired) electrons. The lowest BCUT2D eigenvalue weighted by atomic mass is 9.96. The average Bonchev–Trinajstić information content (AvgIpc) is 2.63. The molecule has 3 rings (SSSR count). The summed E-state index contributed by atoms with van der Waals surface area (Å²) in [7, 11) is 0. The topological polar surface area (TPSA) is 62.2 Å². The first-order chi connectivity index (χ1) is 13.2. The Bertz CT molecular complexity index is 1040. The number of carbonyl (C=O) groups is 1. The molecule has 7 heteroatoms. The van der Waals surface area contributed by atoms with Gasteiger partial charge in [-0.25, -0.2) is 13.8 Å². The highest BCUT2D eigenvalue weighted by atomic mass is 79.9. The second kappa shape index (κ2) is 8.06. The SMILES string of the molecule is Cc1cc(Br)cc(C(=O)NC(c2ccc(C)c(F)c2)c2cc(F)ccc2O)n1. The standard InChI is InChI=1S/C21H17BrF2N2O2/c1-11-3-4-13(8-17(11)24)20(16-10-15(23)5-6-19(16)27)26-21(28)18-9-14(22)7-12(2)25-18/h3-10,20,27H,1-2H3,(H,26,28). The zero-order valence-corrected chi connectivity index (χ0v) is 16.7. The fraction of sp³-hybridized carbons (Fsp3) is 0.143. The number of hydrogen-bond acceptors (Lipinski definition) is 3. The summed E-state index contributed by atoms with van der Waals surface area (Å²) in [6.07, 6.45) is 0. The molecule has 0 fully saturated rings. The van der Waals surface area contributed by atoms with Crippen molar-refractivity contribution < 1.29 is 18.7 Å². The molecule has 2 N–H and O–H groups in total. The number of benzene rings is 2. The molecule has 0 saturated carbocycles. The molecule has 1 unspecified atom stereocenters. The lowest BCUT2D eigenvalue weighted by Gasteiger charge is -2.21. The summed E-state index contributed by atoms with van der Waals surface area (Å²) in [4.78, 5) is 17.0. The number of phenolic OH excluding ortho intramolecular Hbond substituents is 1. The van der Waals surface area contributed by atoms with E-state index in [0.717, 1.165) is 12.1 Å².